The molecule has 2 heterocycles. The van der Waals surface area contributed by atoms with Gasteiger partial charge in [0.25, 0.3) is 5.91 Å². The first kappa shape index (κ1) is 14.3. The Labute approximate surface area is 120 Å². The van der Waals surface area contributed by atoms with Crippen molar-refractivity contribution in [3.05, 3.63) is 28.5 Å². The van der Waals surface area contributed by atoms with Crippen LogP contribution >= 0.6 is 11.6 Å². The van der Waals surface area contributed by atoms with E-state index in [0.29, 0.717) is 18.6 Å². The second-order valence-electron chi connectivity index (χ2n) is 3.88. The summed E-state index contributed by atoms with van der Waals surface area (Å²) in [5, 5.41) is 9.22. The van der Waals surface area contributed by atoms with E-state index in [2.05, 4.69) is 25.5 Å². The topological polar surface area (TPSA) is 92.8 Å². The molecule has 0 aliphatic carbocycles. The zero-order valence-corrected chi connectivity index (χ0v) is 11.9. The minimum Gasteiger partial charge on any atom is -0.463 e. The molecule has 2 aromatic heterocycles. The van der Waals surface area contributed by atoms with Gasteiger partial charge in [0, 0.05) is 11.3 Å². The van der Waals surface area contributed by atoms with E-state index in [-0.39, 0.29) is 23.0 Å². The van der Waals surface area contributed by atoms with Crippen LogP contribution < -0.4 is 10.1 Å². The molecule has 0 aliphatic heterocycles. The molecule has 0 aromatic carbocycles. The third-order valence-electron chi connectivity index (χ3n) is 2.44. The normalized spacial score (nSPS) is 10.3. The second kappa shape index (κ2) is 6.33. The number of nitrogens with zero attached hydrogens (tertiary/aromatic N) is 3. The Morgan fingerprint density at radius 1 is 1.40 bits per heavy atom. The summed E-state index contributed by atoms with van der Waals surface area (Å²) in [6.45, 7) is 4.20. The molecule has 20 heavy (non-hydrogen) atoms. The van der Waals surface area contributed by atoms with E-state index in [4.69, 9.17) is 16.3 Å². The Bertz CT molecular complexity index is 614. The van der Waals surface area contributed by atoms with Gasteiger partial charge in [-0.3, -0.25) is 10.1 Å². The van der Waals surface area contributed by atoms with Crippen LogP contribution in [0.15, 0.2) is 12.1 Å². The maximum absolute atomic E-state index is 12.1. The number of rotatable bonds is 5. The van der Waals surface area contributed by atoms with Crippen molar-refractivity contribution in [1.82, 2.24) is 20.2 Å². The molecule has 0 fully saturated rings. The highest BCUT2D eigenvalue weighted by molar-refractivity contribution is 6.29. The van der Waals surface area contributed by atoms with Crippen LogP contribution in [0.1, 0.15) is 29.9 Å². The molecule has 0 saturated heterocycles. The van der Waals surface area contributed by atoms with Gasteiger partial charge < -0.3 is 4.74 Å². The fourth-order valence-electron chi connectivity index (χ4n) is 1.54. The van der Waals surface area contributed by atoms with Crippen LogP contribution in [-0.4, -0.2) is 32.7 Å². The Kier molecular flexibility index (Phi) is 4.52. The first-order valence-electron chi connectivity index (χ1n) is 6.15. The van der Waals surface area contributed by atoms with Crippen LogP contribution in [0.25, 0.3) is 0 Å². The highest BCUT2D eigenvalue weighted by Gasteiger charge is 2.12. The number of anilines is 1. The van der Waals surface area contributed by atoms with Crippen molar-refractivity contribution in [3.63, 3.8) is 0 Å². The van der Waals surface area contributed by atoms with E-state index in [1.54, 1.807) is 6.07 Å². The van der Waals surface area contributed by atoms with Gasteiger partial charge in [-0.05, 0) is 25.5 Å². The van der Waals surface area contributed by atoms with E-state index in [9.17, 15) is 4.79 Å². The van der Waals surface area contributed by atoms with Crippen LogP contribution in [0, 0.1) is 0 Å². The molecule has 7 nitrogen and oxygen atoms in total. The average molecular weight is 296 g/mol. The quantitative estimate of drug-likeness (QED) is 0.824. The summed E-state index contributed by atoms with van der Waals surface area (Å²) >= 11 is 5.87. The highest BCUT2D eigenvalue weighted by atomic mass is 35.5. The first-order chi connectivity index (χ1) is 9.62. The van der Waals surface area contributed by atoms with Crippen molar-refractivity contribution in [1.29, 1.82) is 0 Å². The molecule has 8 heteroatoms. The number of aryl methyl sites for hydroxylation is 1. The van der Waals surface area contributed by atoms with Gasteiger partial charge in [-0.2, -0.15) is 4.98 Å². The van der Waals surface area contributed by atoms with Crippen LogP contribution in [0.2, 0.25) is 5.15 Å². The number of pyridine rings is 1. The third-order valence-corrected chi connectivity index (χ3v) is 2.64. The molecule has 0 bridgehead atoms. The molecule has 106 valence electrons. The number of halogens is 1. The molecule has 2 aromatic rings. The maximum atomic E-state index is 12.1. The molecular weight excluding hydrogens is 282 g/mol. The molecule has 0 atom stereocenters. The van der Waals surface area contributed by atoms with Crippen molar-refractivity contribution in [3.8, 4) is 6.01 Å². The van der Waals surface area contributed by atoms with Crippen LogP contribution in [0.5, 0.6) is 6.01 Å². The Hall–Kier alpha value is -2.15. The van der Waals surface area contributed by atoms with Gasteiger partial charge in [0.15, 0.2) is 0 Å². The number of amides is 1. The summed E-state index contributed by atoms with van der Waals surface area (Å²) in [7, 11) is 0. The third kappa shape index (κ3) is 3.45. The molecular formula is C12H14ClN5O2. The molecule has 0 radical (unpaired) electrons. The van der Waals surface area contributed by atoms with Crippen molar-refractivity contribution in [2.24, 2.45) is 0 Å². The molecule has 0 saturated carbocycles. The molecule has 2 rings (SSSR count). The standard InChI is InChI=1S/C12H14ClN5O2/c1-3-8-5-7(6-9(13)14-8)10(19)15-11-16-12(18-17-11)20-4-2/h5-6H,3-4H2,1-2H3,(H2,15,16,17,18,19). The lowest BCUT2D eigenvalue weighted by atomic mass is 10.2. The van der Waals surface area contributed by atoms with E-state index in [1.165, 1.54) is 6.07 Å². The lowest BCUT2D eigenvalue weighted by Crippen LogP contribution is -2.13. The van der Waals surface area contributed by atoms with E-state index < -0.39 is 0 Å². The van der Waals surface area contributed by atoms with Gasteiger partial charge in [-0.1, -0.05) is 18.5 Å². The minimum atomic E-state index is -0.344. The van der Waals surface area contributed by atoms with Crippen molar-refractivity contribution >= 4 is 23.5 Å². The van der Waals surface area contributed by atoms with Crippen LogP contribution in [-0.2, 0) is 6.42 Å². The molecule has 0 aliphatic rings. The number of ether oxygens (including phenoxy) is 1. The second-order valence-corrected chi connectivity index (χ2v) is 4.26. The fourth-order valence-corrected chi connectivity index (χ4v) is 1.77. The number of aromatic nitrogens is 4. The van der Waals surface area contributed by atoms with E-state index in [1.807, 2.05) is 13.8 Å². The number of carbonyl (C=O) groups is 1. The highest BCUT2D eigenvalue weighted by Crippen LogP contribution is 2.13. The average Bonchev–Trinajstić information content (AvgIpc) is 2.85. The number of hydrogen-bond acceptors (Lipinski definition) is 5. The molecule has 0 unspecified atom stereocenters. The summed E-state index contributed by atoms with van der Waals surface area (Å²) in [5.74, 6) is -0.132. The lowest BCUT2D eigenvalue weighted by molar-refractivity contribution is 0.102. The summed E-state index contributed by atoms with van der Waals surface area (Å²) in [4.78, 5) is 20.1. The number of nitrogens with one attached hydrogen (secondary N) is 2. The van der Waals surface area contributed by atoms with Crippen LogP contribution in [0.4, 0.5) is 5.95 Å². The molecule has 1 amide bonds. The largest absolute Gasteiger partial charge is 0.463 e. The molecule has 0 spiro atoms. The van der Waals surface area contributed by atoms with Gasteiger partial charge >= 0.3 is 6.01 Å². The minimum absolute atomic E-state index is 0.185. The summed E-state index contributed by atoms with van der Waals surface area (Å²) in [5.41, 5.74) is 1.16. The van der Waals surface area contributed by atoms with Crippen LogP contribution in [0.3, 0.4) is 0 Å². The van der Waals surface area contributed by atoms with E-state index >= 15 is 0 Å². The summed E-state index contributed by atoms with van der Waals surface area (Å²) < 4.78 is 5.09. The van der Waals surface area contributed by atoms with Gasteiger partial charge in [-0.25, -0.2) is 10.1 Å². The lowest BCUT2D eigenvalue weighted by Gasteiger charge is -2.04. The van der Waals surface area contributed by atoms with Gasteiger partial charge in [-0.15, -0.1) is 5.10 Å². The summed E-state index contributed by atoms with van der Waals surface area (Å²) in [6.07, 6.45) is 0.692. The number of aromatic amines is 1. The number of hydrogen-bond donors (Lipinski definition) is 2. The SMILES string of the molecule is CCOc1n[nH]c(NC(=O)c2cc(Cl)nc(CC)c2)n1. The van der Waals surface area contributed by atoms with E-state index in [0.717, 1.165) is 5.69 Å². The Balaban J connectivity index is 2.12. The van der Waals surface area contributed by atoms with Gasteiger partial charge in [0.2, 0.25) is 5.95 Å². The number of H-pyrrole nitrogens is 1. The predicted octanol–water partition coefficient (Wildman–Crippen LogP) is 2.07. The zero-order chi connectivity index (χ0) is 14.5. The van der Waals surface area contributed by atoms with Crippen molar-refractivity contribution in [2.45, 2.75) is 20.3 Å². The Morgan fingerprint density at radius 3 is 2.90 bits per heavy atom. The van der Waals surface area contributed by atoms with Gasteiger partial charge in [0.05, 0.1) is 6.61 Å². The smallest absolute Gasteiger partial charge is 0.337 e. The monoisotopic (exact) mass is 295 g/mol. The van der Waals surface area contributed by atoms with Crippen molar-refractivity contribution < 1.29 is 9.53 Å². The van der Waals surface area contributed by atoms with Gasteiger partial charge in [0.1, 0.15) is 5.15 Å². The molecule has 2 N–H and O–H groups in total. The zero-order valence-electron chi connectivity index (χ0n) is 11.1. The fraction of sp³-hybridized carbons (Fsp3) is 0.333. The van der Waals surface area contributed by atoms with Crippen molar-refractivity contribution in [2.75, 3.05) is 11.9 Å². The Morgan fingerprint density at radius 2 is 2.20 bits per heavy atom. The maximum Gasteiger partial charge on any atom is 0.337 e. The first-order valence-corrected chi connectivity index (χ1v) is 6.53. The predicted molar refractivity (Wildman–Crippen MR) is 74.1 cm³/mol. The number of carbonyl (C=O) groups excluding carboxylic acids is 1. The summed E-state index contributed by atoms with van der Waals surface area (Å²) in [6, 6.07) is 3.36.